The molecule has 0 aromatic heterocycles. The SMILES string of the molecule is COC(=O)CNC(=O)C(OC(=O)Cc1ccccc1)[C@H](Cc1ccccc1)NC(=O)OC(C)(C)C. The van der Waals surface area contributed by atoms with Crippen molar-refractivity contribution in [2.24, 2.45) is 0 Å². The van der Waals surface area contributed by atoms with E-state index in [0.717, 1.165) is 5.56 Å². The number of hydrogen-bond donors (Lipinski definition) is 2. The molecule has 9 nitrogen and oxygen atoms in total. The molecule has 0 spiro atoms. The molecular formula is C26H32N2O7. The summed E-state index contributed by atoms with van der Waals surface area (Å²) in [6.07, 6.45) is -2.13. The largest absolute Gasteiger partial charge is 0.468 e. The summed E-state index contributed by atoms with van der Waals surface area (Å²) in [6, 6.07) is 17.0. The van der Waals surface area contributed by atoms with Gasteiger partial charge in [0.1, 0.15) is 12.1 Å². The monoisotopic (exact) mass is 484 g/mol. The molecule has 35 heavy (non-hydrogen) atoms. The standard InChI is InChI=1S/C26H32N2O7/c1-26(2,3)35-25(32)28-20(15-18-11-7-5-8-12-18)23(24(31)27-17-22(30)33-4)34-21(29)16-19-13-9-6-10-14-19/h5-14,20,23H,15-17H2,1-4H3,(H,27,31)(H,28,32)/t20-,23?/m0/s1. The van der Waals surface area contributed by atoms with Crippen molar-refractivity contribution in [1.82, 2.24) is 10.6 Å². The highest BCUT2D eigenvalue weighted by molar-refractivity contribution is 5.88. The van der Waals surface area contributed by atoms with E-state index in [9.17, 15) is 19.2 Å². The zero-order chi connectivity index (χ0) is 25.8. The third-order valence-corrected chi connectivity index (χ3v) is 4.71. The van der Waals surface area contributed by atoms with E-state index < -0.39 is 48.2 Å². The molecule has 0 aliphatic carbocycles. The molecule has 0 heterocycles. The van der Waals surface area contributed by atoms with Crippen LogP contribution in [0.1, 0.15) is 31.9 Å². The molecule has 1 unspecified atom stereocenters. The van der Waals surface area contributed by atoms with Crippen LogP contribution in [0.25, 0.3) is 0 Å². The summed E-state index contributed by atoms with van der Waals surface area (Å²) in [7, 11) is 1.19. The van der Waals surface area contributed by atoms with Crippen LogP contribution >= 0.6 is 0 Å². The van der Waals surface area contributed by atoms with Crippen LogP contribution in [0.4, 0.5) is 4.79 Å². The van der Waals surface area contributed by atoms with Crippen molar-refractivity contribution in [3.63, 3.8) is 0 Å². The molecule has 0 fully saturated rings. The lowest BCUT2D eigenvalue weighted by Gasteiger charge is -2.29. The first-order chi connectivity index (χ1) is 16.6. The maximum absolute atomic E-state index is 13.1. The Balaban J connectivity index is 2.30. The van der Waals surface area contributed by atoms with Crippen LogP contribution in [0.3, 0.4) is 0 Å². The fourth-order valence-electron chi connectivity index (χ4n) is 3.16. The van der Waals surface area contributed by atoms with E-state index in [1.165, 1.54) is 7.11 Å². The minimum Gasteiger partial charge on any atom is -0.468 e. The average Bonchev–Trinajstić information content (AvgIpc) is 2.80. The minimum atomic E-state index is -1.44. The molecule has 0 bridgehead atoms. The van der Waals surface area contributed by atoms with Gasteiger partial charge in [0.25, 0.3) is 5.91 Å². The van der Waals surface area contributed by atoms with Crippen LogP contribution in [0.2, 0.25) is 0 Å². The third kappa shape index (κ3) is 10.3. The summed E-state index contributed by atoms with van der Waals surface area (Å²) < 4.78 is 15.5. The van der Waals surface area contributed by atoms with E-state index in [0.29, 0.717) is 5.56 Å². The van der Waals surface area contributed by atoms with Crippen LogP contribution < -0.4 is 10.6 Å². The molecule has 9 heteroatoms. The average molecular weight is 485 g/mol. The van der Waals surface area contributed by atoms with E-state index in [4.69, 9.17) is 9.47 Å². The summed E-state index contributed by atoms with van der Waals surface area (Å²) in [5.74, 6) is -2.10. The summed E-state index contributed by atoms with van der Waals surface area (Å²) in [5.41, 5.74) is 0.706. The minimum absolute atomic E-state index is 0.0773. The first-order valence-electron chi connectivity index (χ1n) is 11.2. The van der Waals surface area contributed by atoms with Crippen molar-refractivity contribution >= 4 is 23.9 Å². The predicted molar refractivity (Wildman–Crippen MR) is 128 cm³/mol. The molecular weight excluding hydrogens is 452 g/mol. The number of ether oxygens (including phenoxy) is 3. The number of rotatable bonds is 10. The maximum atomic E-state index is 13.1. The predicted octanol–water partition coefficient (Wildman–Crippen LogP) is 2.57. The zero-order valence-corrected chi connectivity index (χ0v) is 20.4. The van der Waals surface area contributed by atoms with Crippen LogP contribution in [-0.2, 0) is 41.4 Å². The number of alkyl carbamates (subject to hydrolysis) is 1. The number of benzene rings is 2. The van der Waals surface area contributed by atoms with Gasteiger partial charge < -0.3 is 24.8 Å². The van der Waals surface area contributed by atoms with Crippen LogP contribution in [0, 0.1) is 0 Å². The highest BCUT2D eigenvalue weighted by Crippen LogP contribution is 2.14. The first-order valence-corrected chi connectivity index (χ1v) is 11.2. The summed E-state index contributed by atoms with van der Waals surface area (Å²) >= 11 is 0. The molecule has 2 aromatic rings. The molecule has 188 valence electrons. The molecule has 0 aliphatic heterocycles. The van der Waals surface area contributed by atoms with Gasteiger partial charge in [-0.3, -0.25) is 14.4 Å². The Labute approximate surface area is 205 Å². The van der Waals surface area contributed by atoms with Gasteiger partial charge >= 0.3 is 18.0 Å². The molecule has 2 aromatic carbocycles. The second-order valence-electron chi connectivity index (χ2n) is 8.81. The van der Waals surface area contributed by atoms with Crippen molar-refractivity contribution in [3.05, 3.63) is 71.8 Å². The summed E-state index contributed by atoms with van der Waals surface area (Å²) in [4.78, 5) is 50.0. The number of hydrogen-bond acceptors (Lipinski definition) is 7. The Morgan fingerprint density at radius 3 is 1.97 bits per heavy atom. The molecule has 2 rings (SSSR count). The quantitative estimate of drug-likeness (QED) is 0.393. The number of methoxy groups -OCH3 is 1. The zero-order valence-electron chi connectivity index (χ0n) is 20.4. The second-order valence-corrected chi connectivity index (χ2v) is 8.81. The van der Waals surface area contributed by atoms with E-state index >= 15 is 0 Å². The molecule has 2 atom stereocenters. The highest BCUT2D eigenvalue weighted by atomic mass is 16.6. The van der Waals surface area contributed by atoms with E-state index in [-0.39, 0.29) is 12.8 Å². The lowest BCUT2D eigenvalue weighted by atomic mass is 10.0. The maximum Gasteiger partial charge on any atom is 0.408 e. The number of carbonyl (C=O) groups is 4. The molecule has 2 amide bonds. The van der Waals surface area contributed by atoms with Crippen molar-refractivity contribution in [3.8, 4) is 0 Å². The first kappa shape index (κ1) is 27.4. The van der Waals surface area contributed by atoms with Gasteiger partial charge in [-0.25, -0.2) is 4.79 Å². The van der Waals surface area contributed by atoms with Crippen LogP contribution in [0.15, 0.2) is 60.7 Å². The molecule has 0 saturated carbocycles. The van der Waals surface area contributed by atoms with E-state index in [1.807, 2.05) is 36.4 Å². The molecule has 0 radical (unpaired) electrons. The van der Waals surface area contributed by atoms with Gasteiger partial charge in [-0.15, -0.1) is 0 Å². The number of esters is 2. The van der Waals surface area contributed by atoms with Gasteiger partial charge in [0.15, 0.2) is 0 Å². The topological polar surface area (TPSA) is 120 Å². The molecule has 2 N–H and O–H groups in total. The van der Waals surface area contributed by atoms with E-state index in [2.05, 4.69) is 15.4 Å². The number of amides is 2. The number of nitrogens with one attached hydrogen (secondary N) is 2. The molecule has 0 saturated heterocycles. The van der Waals surface area contributed by atoms with Crippen molar-refractivity contribution in [1.29, 1.82) is 0 Å². The van der Waals surface area contributed by atoms with Crippen molar-refractivity contribution in [2.45, 2.75) is 51.4 Å². The second kappa shape index (κ2) is 13.1. The Morgan fingerprint density at radius 1 is 0.857 bits per heavy atom. The Bertz CT molecular complexity index is 988. The van der Waals surface area contributed by atoms with Crippen LogP contribution in [-0.4, -0.2) is 55.3 Å². The van der Waals surface area contributed by atoms with Crippen molar-refractivity contribution < 1.29 is 33.4 Å². The van der Waals surface area contributed by atoms with Gasteiger partial charge in [-0.05, 0) is 38.3 Å². The summed E-state index contributed by atoms with van der Waals surface area (Å²) in [5, 5.41) is 5.07. The fourth-order valence-corrected chi connectivity index (χ4v) is 3.16. The summed E-state index contributed by atoms with van der Waals surface area (Å²) in [6.45, 7) is 4.70. The highest BCUT2D eigenvalue weighted by Gasteiger charge is 2.35. The lowest BCUT2D eigenvalue weighted by molar-refractivity contribution is -0.157. The normalized spacial score (nSPS) is 12.6. The molecule has 0 aliphatic rings. The van der Waals surface area contributed by atoms with Gasteiger partial charge in [-0.1, -0.05) is 60.7 Å². The lowest BCUT2D eigenvalue weighted by Crippen LogP contribution is -2.55. The Kier molecular flexibility index (Phi) is 10.3. The smallest absolute Gasteiger partial charge is 0.408 e. The Morgan fingerprint density at radius 2 is 1.43 bits per heavy atom. The van der Waals surface area contributed by atoms with Gasteiger partial charge in [0.2, 0.25) is 6.10 Å². The van der Waals surface area contributed by atoms with Gasteiger partial charge in [0, 0.05) is 0 Å². The number of carbonyl (C=O) groups excluding carboxylic acids is 4. The Hall–Kier alpha value is -3.88. The van der Waals surface area contributed by atoms with Crippen LogP contribution in [0.5, 0.6) is 0 Å². The van der Waals surface area contributed by atoms with Crippen molar-refractivity contribution in [2.75, 3.05) is 13.7 Å². The van der Waals surface area contributed by atoms with Gasteiger partial charge in [-0.2, -0.15) is 0 Å². The fraction of sp³-hybridized carbons (Fsp3) is 0.385. The van der Waals surface area contributed by atoms with Gasteiger partial charge in [0.05, 0.1) is 19.6 Å². The third-order valence-electron chi connectivity index (χ3n) is 4.71. The van der Waals surface area contributed by atoms with E-state index in [1.54, 1.807) is 45.0 Å².